The molecule has 3 aliphatic rings. The average molecular weight is 651 g/mol. The highest BCUT2D eigenvalue weighted by atomic mass is 16.2. The van der Waals surface area contributed by atoms with E-state index in [1.54, 1.807) is 6.92 Å². The molecule has 0 bridgehead atoms. The Morgan fingerprint density at radius 1 is 0.708 bits per heavy atom. The molecule has 4 heterocycles. The van der Waals surface area contributed by atoms with Gasteiger partial charge in [-0.05, 0) is 64.4 Å². The van der Waals surface area contributed by atoms with Crippen molar-refractivity contribution in [2.45, 2.75) is 52.1 Å². The summed E-state index contributed by atoms with van der Waals surface area (Å²) in [7, 11) is 4.13. The molecule has 0 aliphatic carbocycles. The first-order chi connectivity index (χ1) is 23.1. The number of hydrogen-bond donors (Lipinski definition) is 0. The van der Waals surface area contributed by atoms with E-state index in [0.29, 0.717) is 37.8 Å². The van der Waals surface area contributed by atoms with Crippen molar-refractivity contribution in [2.24, 2.45) is 5.92 Å². The minimum atomic E-state index is 0.0365. The third-order valence-corrected chi connectivity index (χ3v) is 10.4. The monoisotopic (exact) mass is 650 g/mol. The van der Waals surface area contributed by atoms with Crippen LogP contribution in [0.25, 0.3) is 22.5 Å². The van der Waals surface area contributed by atoms with Crippen molar-refractivity contribution in [1.82, 2.24) is 29.5 Å². The highest BCUT2D eigenvalue weighted by Gasteiger charge is 2.34. The van der Waals surface area contributed by atoms with Gasteiger partial charge in [0.05, 0.1) is 11.4 Å². The van der Waals surface area contributed by atoms with E-state index >= 15 is 0 Å². The van der Waals surface area contributed by atoms with Gasteiger partial charge in [0.25, 0.3) is 5.91 Å². The molecule has 6 rings (SSSR count). The van der Waals surface area contributed by atoms with Crippen molar-refractivity contribution in [3.8, 4) is 22.5 Å². The third kappa shape index (κ3) is 7.96. The zero-order chi connectivity index (χ0) is 33.8. The van der Waals surface area contributed by atoms with Crippen molar-refractivity contribution in [1.29, 1.82) is 0 Å². The molecule has 0 unspecified atom stereocenters. The lowest BCUT2D eigenvalue weighted by molar-refractivity contribution is -0.141. The molecule has 3 aliphatic heterocycles. The van der Waals surface area contributed by atoms with Crippen molar-refractivity contribution in [3.63, 3.8) is 0 Å². The number of amides is 3. The summed E-state index contributed by atoms with van der Waals surface area (Å²) in [6.07, 6.45) is 3.46. The number of pyridine rings is 1. The van der Waals surface area contributed by atoms with Gasteiger partial charge in [0.15, 0.2) is 0 Å². The molecular weight excluding hydrogens is 600 g/mol. The molecule has 0 saturated carbocycles. The summed E-state index contributed by atoms with van der Waals surface area (Å²) in [5.41, 5.74) is 6.69. The summed E-state index contributed by atoms with van der Waals surface area (Å²) in [5.74, 6) is 0.447. The number of carbonyl (C=O) groups excluding carboxylic acids is 3. The second-order valence-electron chi connectivity index (χ2n) is 14.1. The van der Waals surface area contributed by atoms with Crippen LogP contribution in [0, 0.1) is 12.8 Å². The fourth-order valence-electron chi connectivity index (χ4n) is 7.44. The summed E-state index contributed by atoms with van der Waals surface area (Å²) in [6, 6.07) is 21.1. The van der Waals surface area contributed by atoms with E-state index in [1.165, 1.54) is 11.1 Å². The molecule has 0 spiro atoms. The fourth-order valence-corrected chi connectivity index (χ4v) is 7.44. The van der Waals surface area contributed by atoms with Crippen molar-refractivity contribution >= 4 is 17.7 Å². The number of piperazine rings is 1. The number of piperidine rings is 2. The first-order valence-corrected chi connectivity index (χ1v) is 17.6. The van der Waals surface area contributed by atoms with Gasteiger partial charge in [-0.2, -0.15) is 0 Å². The van der Waals surface area contributed by atoms with Crippen LogP contribution in [0.15, 0.2) is 60.7 Å². The van der Waals surface area contributed by atoms with Crippen LogP contribution in [0.3, 0.4) is 0 Å². The number of aromatic nitrogens is 1. The van der Waals surface area contributed by atoms with Gasteiger partial charge in [0.1, 0.15) is 0 Å². The van der Waals surface area contributed by atoms with E-state index in [9.17, 15) is 14.4 Å². The van der Waals surface area contributed by atoms with Crippen LogP contribution in [0.5, 0.6) is 0 Å². The number of nitrogens with zero attached hydrogens (tertiary/aromatic N) is 6. The zero-order valence-corrected chi connectivity index (χ0v) is 29.0. The lowest BCUT2D eigenvalue weighted by atomic mass is 9.93. The molecule has 0 atom stereocenters. The van der Waals surface area contributed by atoms with Gasteiger partial charge in [0, 0.05) is 94.5 Å². The van der Waals surface area contributed by atoms with E-state index in [1.807, 2.05) is 26.8 Å². The molecular formula is C39H50N6O3. The predicted molar refractivity (Wildman–Crippen MR) is 189 cm³/mol. The van der Waals surface area contributed by atoms with E-state index in [0.717, 1.165) is 80.9 Å². The predicted octanol–water partition coefficient (Wildman–Crippen LogP) is 4.79. The van der Waals surface area contributed by atoms with Crippen LogP contribution in [0.1, 0.15) is 54.1 Å². The number of carbonyl (C=O) groups is 3. The minimum Gasteiger partial charge on any atom is -0.343 e. The molecule has 0 N–H and O–H groups in total. The molecule has 3 aromatic rings. The largest absolute Gasteiger partial charge is 0.343 e. The standard InChI is InChI=1S/C39H50N6O3/c1-28-5-9-31(10-6-28)36-25-34(26-37(40-36)32-11-7-30(8-12-32)27-41(3)4)39(48)45-23-21-43(22-24-45)35-15-19-44(20-16-35)38(47)33-13-17-42(18-14-33)29(2)46/h5-12,25-26,33,35H,13-24,27H2,1-4H3. The second kappa shape index (κ2) is 15.0. The molecule has 2 aromatic carbocycles. The Bertz CT molecular complexity index is 1580. The molecule has 9 nitrogen and oxygen atoms in total. The number of aryl methyl sites for hydroxylation is 1. The average Bonchev–Trinajstić information content (AvgIpc) is 3.11. The topological polar surface area (TPSA) is 80.3 Å². The van der Waals surface area contributed by atoms with Crippen molar-refractivity contribution in [3.05, 3.63) is 77.4 Å². The van der Waals surface area contributed by atoms with Crippen LogP contribution in [0.2, 0.25) is 0 Å². The van der Waals surface area contributed by atoms with Crippen molar-refractivity contribution in [2.75, 3.05) is 66.5 Å². The molecule has 3 saturated heterocycles. The highest BCUT2D eigenvalue weighted by Crippen LogP contribution is 2.28. The van der Waals surface area contributed by atoms with Crippen LogP contribution in [-0.2, 0) is 16.1 Å². The van der Waals surface area contributed by atoms with E-state index < -0.39 is 0 Å². The normalized spacial score (nSPS) is 18.4. The quantitative estimate of drug-likeness (QED) is 0.366. The summed E-state index contributed by atoms with van der Waals surface area (Å²) in [5, 5.41) is 0. The Morgan fingerprint density at radius 3 is 1.79 bits per heavy atom. The highest BCUT2D eigenvalue weighted by molar-refractivity contribution is 5.96. The summed E-state index contributed by atoms with van der Waals surface area (Å²) >= 11 is 0. The van der Waals surface area contributed by atoms with Crippen LogP contribution in [0.4, 0.5) is 0 Å². The lowest BCUT2D eigenvalue weighted by Crippen LogP contribution is -2.55. The molecule has 1 aromatic heterocycles. The first kappa shape index (κ1) is 33.8. The Kier molecular flexibility index (Phi) is 10.6. The molecule has 48 heavy (non-hydrogen) atoms. The van der Waals surface area contributed by atoms with Gasteiger partial charge in [-0.15, -0.1) is 0 Å². The zero-order valence-electron chi connectivity index (χ0n) is 29.0. The Balaban J connectivity index is 1.08. The summed E-state index contributed by atoms with van der Waals surface area (Å²) in [6.45, 7) is 10.5. The Hall–Kier alpha value is -4.08. The number of likely N-dealkylation sites (tertiary alicyclic amines) is 2. The number of hydrogen-bond acceptors (Lipinski definition) is 6. The summed E-state index contributed by atoms with van der Waals surface area (Å²) < 4.78 is 0. The smallest absolute Gasteiger partial charge is 0.254 e. The van der Waals surface area contributed by atoms with Crippen LogP contribution in [-0.4, -0.2) is 120 Å². The van der Waals surface area contributed by atoms with E-state index in [2.05, 4.69) is 79.3 Å². The Morgan fingerprint density at radius 2 is 1.25 bits per heavy atom. The number of benzene rings is 2. The van der Waals surface area contributed by atoms with Gasteiger partial charge < -0.3 is 19.6 Å². The SMILES string of the molecule is CC(=O)N1CCC(C(=O)N2CCC(N3CCN(C(=O)c4cc(-c5ccc(C)cc5)nc(-c5ccc(CN(C)C)cc5)c4)CC3)CC2)CC1. The third-order valence-electron chi connectivity index (χ3n) is 10.4. The van der Waals surface area contributed by atoms with Gasteiger partial charge >= 0.3 is 0 Å². The molecule has 3 amide bonds. The van der Waals surface area contributed by atoms with Gasteiger partial charge in [-0.3, -0.25) is 19.3 Å². The van der Waals surface area contributed by atoms with Crippen LogP contribution >= 0.6 is 0 Å². The lowest BCUT2D eigenvalue weighted by Gasteiger charge is -2.43. The second-order valence-corrected chi connectivity index (χ2v) is 14.1. The molecule has 254 valence electrons. The van der Waals surface area contributed by atoms with Gasteiger partial charge in [-0.1, -0.05) is 54.1 Å². The Labute approximate surface area is 285 Å². The number of rotatable bonds is 7. The molecule has 3 fully saturated rings. The molecule has 9 heteroatoms. The van der Waals surface area contributed by atoms with Crippen LogP contribution < -0.4 is 0 Å². The maximum Gasteiger partial charge on any atom is 0.254 e. The maximum atomic E-state index is 14.0. The van der Waals surface area contributed by atoms with Crippen molar-refractivity contribution < 1.29 is 14.4 Å². The van der Waals surface area contributed by atoms with Gasteiger partial charge in [-0.25, -0.2) is 4.98 Å². The summed E-state index contributed by atoms with van der Waals surface area (Å²) in [4.78, 5) is 54.5. The minimum absolute atomic E-state index is 0.0365. The van der Waals surface area contributed by atoms with Gasteiger partial charge in [0.2, 0.25) is 11.8 Å². The van der Waals surface area contributed by atoms with E-state index in [4.69, 9.17) is 4.98 Å². The van der Waals surface area contributed by atoms with E-state index in [-0.39, 0.29) is 23.6 Å². The molecule has 0 radical (unpaired) electrons. The fraction of sp³-hybridized carbons (Fsp3) is 0.487. The maximum absolute atomic E-state index is 14.0. The first-order valence-electron chi connectivity index (χ1n) is 17.6.